The van der Waals surface area contributed by atoms with E-state index in [0.29, 0.717) is 37.6 Å². The lowest BCUT2D eigenvalue weighted by atomic mass is 9.89. The van der Waals surface area contributed by atoms with Crippen molar-refractivity contribution in [3.8, 4) is 5.75 Å². The average molecular weight is 408 g/mol. The Morgan fingerprint density at radius 1 is 1.27 bits per heavy atom. The number of aliphatic imine (C=N–C) groups is 1. The van der Waals surface area contributed by atoms with E-state index in [0.717, 1.165) is 11.1 Å². The van der Waals surface area contributed by atoms with E-state index >= 15 is 0 Å². The predicted octanol–water partition coefficient (Wildman–Crippen LogP) is 3.24. The normalized spacial score (nSPS) is 20.2. The van der Waals surface area contributed by atoms with Gasteiger partial charge in [-0.05, 0) is 36.8 Å². The summed E-state index contributed by atoms with van der Waals surface area (Å²) in [4.78, 5) is 17.8. The van der Waals surface area contributed by atoms with Crippen LogP contribution in [0.1, 0.15) is 30.9 Å². The molecule has 0 saturated carbocycles. The Kier molecular flexibility index (Phi) is 7.25. The molecule has 0 fully saturated rings. The van der Waals surface area contributed by atoms with Crippen LogP contribution >= 0.6 is 0 Å². The summed E-state index contributed by atoms with van der Waals surface area (Å²) in [6, 6.07) is 17.1. The summed E-state index contributed by atoms with van der Waals surface area (Å²) in [5.41, 5.74) is 0.743. The van der Waals surface area contributed by atoms with Gasteiger partial charge in [-0.3, -0.25) is 4.79 Å². The Balaban J connectivity index is 1.75. The monoisotopic (exact) mass is 408 g/mol. The fourth-order valence-electron chi connectivity index (χ4n) is 3.34. The van der Waals surface area contributed by atoms with Gasteiger partial charge in [0.25, 0.3) is 5.91 Å². The minimum absolute atomic E-state index is 0.0956. The van der Waals surface area contributed by atoms with Crippen molar-refractivity contribution in [2.24, 2.45) is 4.99 Å². The molecule has 1 amide bonds. The molecule has 1 aliphatic heterocycles. The van der Waals surface area contributed by atoms with Crippen LogP contribution in [0.5, 0.6) is 5.75 Å². The molecular formula is C24H28N2O4. The van der Waals surface area contributed by atoms with Crippen LogP contribution in [0.15, 0.2) is 72.2 Å². The van der Waals surface area contributed by atoms with E-state index in [2.05, 4.69) is 11.9 Å². The minimum atomic E-state index is -1.05. The molecule has 0 radical (unpaired) electrons. The molecule has 2 aromatic carbocycles. The largest absolute Gasteiger partial charge is 0.494 e. The fourth-order valence-corrected chi connectivity index (χ4v) is 3.34. The topological polar surface area (TPSA) is 80.2 Å². The standard InChI is InChI=1S/C24H28N2O4/c1-3-14-24(23(28)25-17-19-8-5-4-6-9-19)18(2)30-22(26-24)20-10-12-21(13-11-20)29-16-7-15-27/h3-6,8-13,18,27H,1,7,14-17H2,2H3,(H,25,28)/t18-,24-/m1/s1. The molecule has 3 rings (SSSR count). The van der Waals surface area contributed by atoms with Crippen molar-refractivity contribution in [1.82, 2.24) is 5.32 Å². The second-order valence-electron chi connectivity index (χ2n) is 7.21. The summed E-state index contributed by atoms with van der Waals surface area (Å²) < 4.78 is 11.6. The Morgan fingerprint density at radius 3 is 2.67 bits per heavy atom. The Bertz CT molecular complexity index is 880. The third kappa shape index (κ3) is 4.89. The number of aliphatic hydroxyl groups excluding tert-OH is 1. The molecule has 0 bridgehead atoms. The first-order valence-corrected chi connectivity index (χ1v) is 10.1. The van der Waals surface area contributed by atoms with Crippen molar-refractivity contribution >= 4 is 11.8 Å². The highest BCUT2D eigenvalue weighted by Gasteiger charge is 2.49. The highest BCUT2D eigenvalue weighted by atomic mass is 16.5. The summed E-state index contributed by atoms with van der Waals surface area (Å²) in [6.07, 6.45) is 2.23. The number of amides is 1. The Morgan fingerprint density at radius 2 is 2.00 bits per heavy atom. The van der Waals surface area contributed by atoms with Gasteiger partial charge in [-0.2, -0.15) is 0 Å². The van der Waals surface area contributed by atoms with Crippen molar-refractivity contribution in [2.45, 2.75) is 38.0 Å². The van der Waals surface area contributed by atoms with Gasteiger partial charge >= 0.3 is 0 Å². The van der Waals surface area contributed by atoms with Gasteiger partial charge in [0.05, 0.1) is 6.61 Å². The number of nitrogens with one attached hydrogen (secondary N) is 1. The molecule has 2 atom stereocenters. The molecule has 0 saturated heterocycles. The zero-order valence-corrected chi connectivity index (χ0v) is 17.2. The van der Waals surface area contributed by atoms with E-state index in [4.69, 9.17) is 19.6 Å². The van der Waals surface area contributed by atoms with Gasteiger partial charge in [0.15, 0.2) is 5.54 Å². The first-order valence-electron chi connectivity index (χ1n) is 10.1. The molecule has 6 nitrogen and oxygen atoms in total. The first kappa shape index (κ1) is 21.6. The summed E-state index contributed by atoms with van der Waals surface area (Å²) in [5.74, 6) is 0.954. The smallest absolute Gasteiger partial charge is 0.252 e. The molecule has 158 valence electrons. The van der Waals surface area contributed by atoms with Crippen LogP contribution in [-0.4, -0.2) is 41.8 Å². The second kappa shape index (κ2) is 10.1. The van der Waals surface area contributed by atoms with Crippen molar-refractivity contribution in [2.75, 3.05) is 13.2 Å². The molecule has 6 heteroatoms. The highest BCUT2D eigenvalue weighted by molar-refractivity contribution is 6.00. The Hall–Kier alpha value is -3.12. The summed E-state index contributed by atoms with van der Waals surface area (Å²) in [6.45, 7) is 6.64. The van der Waals surface area contributed by atoms with E-state index in [1.54, 1.807) is 6.08 Å². The van der Waals surface area contributed by atoms with Crippen LogP contribution in [0.3, 0.4) is 0 Å². The maximum atomic E-state index is 13.1. The number of rotatable bonds is 10. The van der Waals surface area contributed by atoms with Gasteiger partial charge in [-0.15, -0.1) is 6.58 Å². The minimum Gasteiger partial charge on any atom is -0.494 e. The van der Waals surface area contributed by atoms with E-state index in [-0.39, 0.29) is 12.5 Å². The molecule has 0 unspecified atom stereocenters. The quantitative estimate of drug-likeness (QED) is 0.467. The lowest BCUT2D eigenvalue weighted by Crippen LogP contribution is -2.50. The number of carbonyl (C=O) groups is 1. The van der Waals surface area contributed by atoms with Crippen molar-refractivity contribution in [1.29, 1.82) is 0 Å². The number of benzene rings is 2. The first-order chi connectivity index (χ1) is 14.6. The van der Waals surface area contributed by atoms with Gasteiger partial charge in [-0.25, -0.2) is 4.99 Å². The number of nitrogens with zero attached hydrogens (tertiary/aromatic N) is 1. The number of aliphatic hydroxyl groups is 1. The van der Waals surface area contributed by atoms with E-state index in [1.807, 2.05) is 61.5 Å². The maximum Gasteiger partial charge on any atom is 0.252 e. The number of carbonyl (C=O) groups excluding carboxylic acids is 1. The molecule has 2 N–H and O–H groups in total. The lowest BCUT2D eigenvalue weighted by Gasteiger charge is -2.26. The van der Waals surface area contributed by atoms with Gasteiger partial charge in [0, 0.05) is 31.6 Å². The van der Waals surface area contributed by atoms with Crippen LogP contribution in [0, 0.1) is 0 Å². The zero-order chi connectivity index (χ0) is 21.4. The molecule has 30 heavy (non-hydrogen) atoms. The molecule has 2 aromatic rings. The van der Waals surface area contributed by atoms with Gasteiger partial charge < -0.3 is 19.9 Å². The zero-order valence-electron chi connectivity index (χ0n) is 17.2. The van der Waals surface area contributed by atoms with Crippen LogP contribution in [0.2, 0.25) is 0 Å². The number of ether oxygens (including phenoxy) is 2. The van der Waals surface area contributed by atoms with Crippen molar-refractivity contribution in [3.05, 3.63) is 78.4 Å². The highest BCUT2D eigenvalue weighted by Crippen LogP contribution is 2.32. The third-order valence-electron chi connectivity index (χ3n) is 5.08. The van der Waals surface area contributed by atoms with Crippen LogP contribution in [0.4, 0.5) is 0 Å². The van der Waals surface area contributed by atoms with E-state index < -0.39 is 11.6 Å². The second-order valence-corrected chi connectivity index (χ2v) is 7.21. The van der Waals surface area contributed by atoms with E-state index in [9.17, 15) is 4.79 Å². The maximum absolute atomic E-state index is 13.1. The summed E-state index contributed by atoms with van der Waals surface area (Å²) in [5, 5.41) is 11.8. The number of hydrogen-bond donors (Lipinski definition) is 2. The summed E-state index contributed by atoms with van der Waals surface area (Å²) in [7, 11) is 0. The van der Waals surface area contributed by atoms with Gasteiger partial charge in [0.2, 0.25) is 5.90 Å². The van der Waals surface area contributed by atoms with Gasteiger partial charge in [-0.1, -0.05) is 36.4 Å². The Labute approximate surface area is 177 Å². The summed E-state index contributed by atoms with van der Waals surface area (Å²) >= 11 is 0. The molecule has 0 aromatic heterocycles. The number of hydrogen-bond acceptors (Lipinski definition) is 5. The fraction of sp³-hybridized carbons (Fsp3) is 0.333. The predicted molar refractivity (Wildman–Crippen MR) is 117 cm³/mol. The molecule has 0 spiro atoms. The molecular weight excluding hydrogens is 380 g/mol. The molecule has 0 aliphatic carbocycles. The van der Waals surface area contributed by atoms with Crippen molar-refractivity contribution in [3.63, 3.8) is 0 Å². The SMILES string of the molecule is C=CC[C@@]1(C(=O)NCc2ccccc2)N=C(c2ccc(OCCCO)cc2)O[C@@H]1C. The lowest BCUT2D eigenvalue weighted by molar-refractivity contribution is -0.128. The van der Waals surface area contributed by atoms with Crippen LogP contribution in [0.25, 0.3) is 0 Å². The molecule has 1 heterocycles. The average Bonchev–Trinajstić information content (AvgIpc) is 3.11. The molecule has 1 aliphatic rings. The van der Waals surface area contributed by atoms with Crippen LogP contribution < -0.4 is 10.1 Å². The van der Waals surface area contributed by atoms with Gasteiger partial charge in [0.1, 0.15) is 11.9 Å². The van der Waals surface area contributed by atoms with E-state index in [1.165, 1.54) is 0 Å². The third-order valence-corrected chi connectivity index (χ3v) is 5.08. The van der Waals surface area contributed by atoms with Crippen molar-refractivity contribution < 1.29 is 19.4 Å². The van der Waals surface area contributed by atoms with Crippen LogP contribution in [-0.2, 0) is 16.1 Å².